The van der Waals surface area contributed by atoms with E-state index in [9.17, 15) is 0 Å². The van der Waals surface area contributed by atoms with Crippen LogP contribution in [0, 0.1) is 35.5 Å². The van der Waals surface area contributed by atoms with Gasteiger partial charge in [-0.2, -0.15) is 0 Å². The highest BCUT2D eigenvalue weighted by molar-refractivity contribution is 5.45. The Hall–Kier alpha value is -2.64. The van der Waals surface area contributed by atoms with Gasteiger partial charge in [0.15, 0.2) is 0 Å². The molecule has 0 saturated carbocycles. The van der Waals surface area contributed by atoms with Gasteiger partial charge in [-0.1, -0.05) is 55.7 Å². The Labute approximate surface area is 127 Å². The van der Waals surface area contributed by atoms with E-state index >= 15 is 0 Å². The smallest absolute Gasteiger partial charge is 0.0314 e. The van der Waals surface area contributed by atoms with Gasteiger partial charge in [-0.3, -0.25) is 0 Å². The van der Waals surface area contributed by atoms with E-state index in [-0.39, 0.29) is 11.8 Å². The second kappa shape index (κ2) is 7.22. The summed E-state index contributed by atoms with van der Waals surface area (Å²) < 4.78 is 0. The molecule has 0 aliphatic carbocycles. The zero-order valence-electron chi connectivity index (χ0n) is 12.4. The topological polar surface area (TPSA) is 26.0 Å². The lowest BCUT2D eigenvalue weighted by atomic mass is 9.96. The normalized spacial score (nSPS) is 12.3. The fourth-order valence-electron chi connectivity index (χ4n) is 1.73. The highest BCUT2D eigenvalue weighted by atomic mass is 14.5. The van der Waals surface area contributed by atoms with Gasteiger partial charge in [0.1, 0.15) is 0 Å². The van der Waals surface area contributed by atoms with Crippen LogP contribution in [0.2, 0.25) is 0 Å². The molecule has 2 atom stereocenters. The third-order valence-electron chi connectivity index (χ3n) is 3.32. The maximum absolute atomic E-state index is 5.66. The van der Waals surface area contributed by atoms with Crippen LogP contribution in [-0.4, -0.2) is 0 Å². The molecule has 0 aliphatic rings. The van der Waals surface area contributed by atoms with E-state index in [0.717, 1.165) is 16.8 Å². The van der Waals surface area contributed by atoms with Crippen molar-refractivity contribution >= 4 is 5.69 Å². The number of nitrogen functional groups attached to an aromatic ring is 1. The third kappa shape index (κ3) is 4.75. The van der Waals surface area contributed by atoms with Gasteiger partial charge in [0, 0.05) is 28.7 Å². The SMILES string of the molecule is C[C@H](C#Cc1ccc(N)cc1)[C@@H](C)C#Cc1ccccc1. The number of benzene rings is 2. The molecule has 0 heterocycles. The third-order valence-corrected chi connectivity index (χ3v) is 3.32. The molecule has 0 radical (unpaired) electrons. The van der Waals surface area contributed by atoms with Gasteiger partial charge in [-0.25, -0.2) is 0 Å². The van der Waals surface area contributed by atoms with Crippen LogP contribution in [0.4, 0.5) is 5.69 Å². The van der Waals surface area contributed by atoms with Crippen LogP contribution in [0.15, 0.2) is 54.6 Å². The first-order chi connectivity index (χ1) is 10.1. The minimum atomic E-state index is 0.221. The van der Waals surface area contributed by atoms with Gasteiger partial charge in [-0.15, -0.1) is 0 Å². The molecule has 21 heavy (non-hydrogen) atoms. The summed E-state index contributed by atoms with van der Waals surface area (Å²) in [6.45, 7) is 4.22. The summed E-state index contributed by atoms with van der Waals surface area (Å²) in [6, 6.07) is 17.6. The monoisotopic (exact) mass is 273 g/mol. The number of rotatable bonds is 1. The van der Waals surface area contributed by atoms with E-state index in [1.807, 2.05) is 54.6 Å². The van der Waals surface area contributed by atoms with Crippen LogP contribution in [0.25, 0.3) is 0 Å². The fraction of sp³-hybridized carbons (Fsp3) is 0.200. The Balaban J connectivity index is 2.02. The van der Waals surface area contributed by atoms with Crippen molar-refractivity contribution in [3.8, 4) is 23.7 Å². The van der Waals surface area contributed by atoms with Crippen molar-refractivity contribution in [3.63, 3.8) is 0 Å². The van der Waals surface area contributed by atoms with Crippen molar-refractivity contribution in [3.05, 3.63) is 65.7 Å². The van der Waals surface area contributed by atoms with E-state index in [0.29, 0.717) is 0 Å². The number of nitrogens with two attached hydrogens (primary N) is 1. The van der Waals surface area contributed by atoms with E-state index in [1.165, 1.54) is 0 Å². The molecule has 2 aromatic carbocycles. The molecule has 0 fully saturated rings. The molecule has 0 saturated heterocycles. The molecule has 0 bridgehead atoms. The van der Waals surface area contributed by atoms with Gasteiger partial charge in [0.25, 0.3) is 0 Å². The molecule has 0 aliphatic heterocycles. The Morgan fingerprint density at radius 2 is 1.19 bits per heavy atom. The predicted octanol–water partition coefficient (Wildman–Crippen LogP) is 3.94. The first-order valence-electron chi connectivity index (χ1n) is 7.09. The molecule has 1 heteroatoms. The zero-order valence-corrected chi connectivity index (χ0v) is 12.4. The highest BCUT2D eigenvalue weighted by Crippen LogP contribution is 2.10. The molecule has 104 valence electrons. The van der Waals surface area contributed by atoms with Crippen molar-refractivity contribution in [2.24, 2.45) is 11.8 Å². The highest BCUT2D eigenvalue weighted by Gasteiger charge is 2.05. The number of anilines is 1. The van der Waals surface area contributed by atoms with E-state index < -0.39 is 0 Å². The van der Waals surface area contributed by atoms with Gasteiger partial charge < -0.3 is 5.73 Å². The lowest BCUT2D eigenvalue weighted by Crippen LogP contribution is -2.02. The molecule has 2 N–H and O–H groups in total. The van der Waals surface area contributed by atoms with Gasteiger partial charge in [0.2, 0.25) is 0 Å². The summed E-state index contributed by atoms with van der Waals surface area (Å²) in [7, 11) is 0. The maximum Gasteiger partial charge on any atom is 0.0314 e. The minimum absolute atomic E-state index is 0.221. The predicted molar refractivity (Wildman–Crippen MR) is 89.4 cm³/mol. The Morgan fingerprint density at radius 1 is 0.714 bits per heavy atom. The van der Waals surface area contributed by atoms with Crippen LogP contribution in [0.5, 0.6) is 0 Å². The van der Waals surface area contributed by atoms with Gasteiger partial charge in [0.05, 0.1) is 0 Å². The molecule has 0 aromatic heterocycles. The first-order valence-corrected chi connectivity index (χ1v) is 7.09. The zero-order chi connectivity index (χ0) is 15.1. The molecular weight excluding hydrogens is 254 g/mol. The van der Waals surface area contributed by atoms with Crippen LogP contribution in [-0.2, 0) is 0 Å². The summed E-state index contributed by atoms with van der Waals surface area (Å²) in [5, 5.41) is 0. The minimum Gasteiger partial charge on any atom is -0.399 e. The van der Waals surface area contributed by atoms with Crippen molar-refractivity contribution < 1.29 is 0 Å². The van der Waals surface area contributed by atoms with Crippen LogP contribution in [0.1, 0.15) is 25.0 Å². The molecule has 0 spiro atoms. The van der Waals surface area contributed by atoms with Gasteiger partial charge in [-0.05, 0) is 36.4 Å². The van der Waals surface area contributed by atoms with Crippen LogP contribution < -0.4 is 5.73 Å². The largest absolute Gasteiger partial charge is 0.399 e. The molecular formula is C20H19N. The van der Waals surface area contributed by atoms with Crippen LogP contribution in [0.3, 0.4) is 0 Å². The van der Waals surface area contributed by atoms with E-state index in [1.54, 1.807) is 0 Å². The summed E-state index contributed by atoms with van der Waals surface area (Å²) >= 11 is 0. The lowest BCUT2D eigenvalue weighted by Gasteiger charge is -2.06. The molecule has 2 aromatic rings. The summed E-state index contributed by atoms with van der Waals surface area (Å²) in [4.78, 5) is 0. The fourth-order valence-corrected chi connectivity index (χ4v) is 1.73. The van der Waals surface area contributed by atoms with E-state index in [2.05, 4.69) is 37.5 Å². The standard InChI is InChI=1S/C20H19N/c1-16(8-10-18-6-4-3-5-7-18)17(2)9-11-19-12-14-20(21)15-13-19/h3-7,12-17H,21H2,1-2H3/t16-,17+/m0/s1. The van der Waals surface area contributed by atoms with Crippen LogP contribution >= 0.6 is 0 Å². The summed E-state index contributed by atoms with van der Waals surface area (Å²) in [5.74, 6) is 13.4. The number of hydrogen-bond acceptors (Lipinski definition) is 1. The Morgan fingerprint density at radius 3 is 1.71 bits per heavy atom. The van der Waals surface area contributed by atoms with Crippen molar-refractivity contribution in [2.75, 3.05) is 5.73 Å². The molecule has 0 unspecified atom stereocenters. The summed E-state index contributed by atoms with van der Waals surface area (Å²) in [5.41, 5.74) is 8.45. The average molecular weight is 273 g/mol. The lowest BCUT2D eigenvalue weighted by molar-refractivity contribution is 0.595. The molecule has 0 amide bonds. The Bertz CT molecular complexity index is 691. The summed E-state index contributed by atoms with van der Waals surface area (Å²) in [6.07, 6.45) is 0. The van der Waals surface area contributed by atoms with Gasteiger partial charge >= 0.3 is 0 Å². The number of hydrogen-bond donors (Lipinski definition) is 1. The van der Waals surface area contributed by atoms with Crippen molar-refractivity contribution in [1.82, 2.24) is 0 Å². The van der Waals surface area contributed by atoms with Crippen molar-refractivity contribution in [2.45, 2.75) is 13.8 Å². The maximum atomic E-state index is 5.66. The quantitative estimate of drug-likeness (QED) is 0.618. The average Bonchev–Trinajstić information content (AvgIpc) is 2.52. The second-order valence-electron chi connectivity index (χ2n) is 5.10. The van der Waals surface area contributed by atoms with E-state index in [4.69, 9.17) is 5.73 Å². The van der Waals surface area contributed by atoms with Crippen molar-refractivity contribution in [1.29, 1.82) is 0 Å². The second-order valence-corrected chi connectivity index (χ2v) is 5.10. The molecule has 2 rings (SSSR count). The first kappa shape index (κ1) is 14.8. The Kier molecular flexibility index (Phi) is 5.08. The molecule has 1 nitrogen and oxygen atoms in total.